The predicted molar refractivity (Wildman–Crippen MR) is 167 cm³/mol. The second-order valence-corrected chi connectivity index (χ2v) is 12.1. The number of methoxy groups -OCH3 is 2. The summed E-state index contributed by atoms with van der Waals surface area (Å²) < 4.78 is 20.2. The van der Waals surface area contributed by atoms with Crippen molar-refractivity contribution in [2.75, 3.05) is 32.2 Å². The van der Waals surface area contributed by atoms with Gasteiger partial charge in [-0.05, 0) is 59.6 Å². The fraction of sp³-hybridized carbons (Fsp3) is 0.516. The summed E-state index contributed by atoms with van der Waals surface area (Å²) in [5.41, 5.74) is -0.358. The maximum Gasteiger partial charge on any atom is 0.407 e. The fourth-order valence-corrected chi connectivity index (χ4v) is 5.29. The molecule has 13 nitrogen and oxygen atoms in total. The summed E-state index contributed by atoms with van der Waals surface area (Å²) in [4.78, 5) is 60.4. The van der Waals surface area contributed by atoms with E-state index in [-0.39, 0.29) is 34.3 Å². The molecular formula is C31H42N6O7. The molecule has 1 aliphatic rings. The number of ether oxygens (including phenoxy) is 3. The van der Waals surface area contributed by atoms with E-state index in [1.165, 1.54) is 25.8 Å². The summed E-state index contributed by atoms with van der Waals surface area (Å²) in [5.74, 6) is 0.531. The number of hydrogen-bond donors (Lipinski definition) is 1. The number of aryl methyl sites for hydroxylation is 1. The molecule has 0 saturated carbocycles. The van der Waals surface area contributed by atoms with Crippen LogP contribution in [0, 0.1) is 0 Å². The molecule has 0 radical (unpaired) electrons. The van der Waals surface area contributed by atoms with Gasteiger partial charge in [0.15, 0.2) is 16.9 Å². The van der Waals surface area contributed by atoms with Gasteiger partial charge < -0.3 is 29.0 Å². The standard InChI is InChI=1S/C31H42N6O7/c1-19(2)14-16-36-25-26(33-28(36)35-15-10-11-20(17-35)32-29(40)44-31(3,4)5)34(6)30(41)37(27(25)39)18-21(38)24-22(42-7)12-9-13-23(24)43-8/h9,12-14,20H,10-11,15-18H2,1-8H3,(H,32,40). The van der Waals surface area contributed by atoms with E-state index in [9.17, 15) is 19.2 Å². The van der Waals surface area contributed by atoms with Crippen molar-refractivity contribution in [1.29, 1.82) is 0 Å². The van der Waals surface area contributed by atoms with E-state index < -0.39 is 35.3 Å². The monoisotopic (exact) mass is 610 g/mol. The lowest BCUT2D eigenvalue weighted by Crippen LogP contribution is -2.49. The first-order valence-corrected chi connectivity index (χ1v) is 14.6. The van der Waals surface area contributed by atoms with Gasteiger partial charge in [0.2, 0.25) is 5.95 Å². The number of benzene rings is 1. The lowest BCUT2D eigenvalue weighted by Gasteiger charge is -2.34. The van der Waals surface area contributed by atoms with E-state index >= 15 is 0 Å². The van der Waals surface area contributed by atoms with Crippen LogP contribution in [-0.2, 0) is 24.9 Å². The minimum absolute atomic E-state index is 0.141. The normalized spacial score (nSPS) is 15.2. The fourth-order valence-electron chi connectivity index (χ4n) is 5.29. The van der Waals surface area contributed by atoms with Crippen LogP contribution in [0.2, 0.25) is 0 Å². The number of alkyl carbamates (subject to hydrolysis) is 1. The summed E-state index contributed by atoms with van der Waals surface area (Å²) in [5, 5.41) is 2.94. The Morgan fingerprint density at radius 1 is 1.09 bits per heavy atom. The molecule has 1 N–H and O–H groups in total. The van der Waals surface area contributed by atoms with E-state index in [1.54, 1.807) is 22.8 Å². The summed E-state index contributed by atoms with van der Waals surface area (Å²) in [6.45, 7) is 10.2. The first-order valence-electron chi connectivity index (χ1n) is 14.6. The number of nitrogens with one attached hydrogen (secondary N) is 1. The van der Waals surface area contributed by atoms with Crippen molar-refractivity contribution in [2.24, 2.45) is 7.05 Å². The Morgan fingerprint density at radius 3 is 2.34 bits per heavy atom. The number of anilines is 1. The topological polar surface area (TPSA) is 139 Å². The van der Waals surface area contributed by atoms with Crippen LogP contribution in [0.5, 0.6) is 11.5 Å². The molecule has 0 aliphatic carbocycles. The van der Waals surface area contributed by atoms with E-state index in [4.69, 9.17) is 19.2 Å². The molecule has 1 unspecified atom stereocenters. The molecule has 0 bridgehead atoms. The van der Waals surface area contributed by atoms with Crippen LogP contribution < -0.4 is 30.9 Å². The highest BCUT2D eigenvalue weighted by Crippen LogP contribution is 2.29. The van der Waals surface area contributed by atoms with Crippen molar-refractivity contribution in [3.8, 4) is 11.5 Å². The molecule has 44 heavy (non-hydrogen) atoms. The number of aromatic nitrogens is 4. The number of carbonyl (C=O) groups excluding carboxylic acids is 2. The Kier molecular flexibility index (Phi) is 9.55. The van der Waals surface area contributed by atoms with Crippen molar-refractivity contribution in [3.63, 3.8) is 0 Å². The van der Waals surface area contributed by atoms with Gasteiger partial charge in [-0.2, -0.15) is 4.98 Å². The van der Waals surface area contributed by atoms with Gasteiger partial charge in [-0.1, -0.05) is 17.7 Å². The number of imidazole rings is 1. The lowest BCUT2D eigenvalue weighted by molar-refractivity contribution is 0.0499. The molecular weight excluding hydrogens is 568 g/mol. The molecule has 3 aromatic rings. The van der Waals surface area contributed by atoms with E-state index in [0.717, 1.165) is 23.0 Å². The predicted octanol–water partition coefficient (Wildman–Crippen LogP) is 3.26. The second-order valence-electron chi connectivity index (χ2n) is 12.1. The molecule has 1 fully saturated rings. The number of amides is 1. The zero-order valence-electron chi connectivity index (χ0n) is 26.7. The van der Waals surface area contributed by atoms with E-state index in [1.807, 2.05) is 45.6 Å². The zero-order valence-corrected chi connectivity index (χ0v) is 26.7. The average Bonchev–Trinajstić information content (AvgIpc) is 3.35. The van der Waals surface area contributed by atoms with E-state index in [0.29, 0.717) is 25.6 Å². The van der Waals surface area contributed by atoms with Gasteiger partial charge in [0, 0.05) is 32.7 Å². The Labute approximate surface area is 256 Å². The summed E-state index contributed by atoms with van der Waals surface area (Å²) in [6, 6.07) is 4.71. The summed E-state index contributed by atoms with van der Waals surface area (Å²) in [6.07, 6.45) is 2.99. The van der Waals surface area contributed by atoms with Gasteiger partial charge in [0.25, 0.3) is 5.56 Å². The van der Waals surface area contributed by atoms with Crippen LogP contribution in [-0.4, -0.2) is 69.5 Å². The Balaban J connectivity index is 1.79. The first kappa shape index (κ1) is 32.4. The number of piperidine rings is 1. The average molecular weight is 611 g/mol. The number of carbonyl (C=O) groups is 2. The Hall–Kier alpha value is -4.55. The molecule has 0 spiro atoms. The first-order chi connectivity index (χ1) is 20.7. The second kappa shape index (κ2) is 13.0. The van der Waals surface area contributed by atoms with Gasteiger partial charge in [-0.3, -0.25) is 18.7 Å². The number of nitrogens with zero attached hydrogens (tertiary/aromatic N) is 5. The van der Waals surface area contributed by atoms with Gasteiger partial charge in [-0.15, -0.1) is 0 Å². The number of rotatable bonds is 9. The highest BCUT2D eigenvalue weighted by molar-refractivity contribution is 6.01. The van der Waals surface area contributed by atoms with Gasteiger partial charge in [0.05, 0.1) is 20.8 Å². The molecule has 2 aromatic heterocycles. The van der Waals surface area contributed by atoms with Gasteiger partial charge in [0.1, 0.15) is 22.7 Å². The largest absolute Gasteiger partial charge is 0.496 e. The van der Waals surface area contributed by atoms with Gasteiger partial charge in [-0.25, -0.2) is 9.59 Å². The maximum absolute atomic E-state index is 14.0. The lowest BCUT2D eigenvalue weighted by atomic mass is 10.1. The molecule has 1 aliphatic heterocycles. The molecule has 1 aromatic carbocycles. The van der Waals surface area contributed by atoms with Crippen LogP contribution in [0.4, 0.5) is 10.7 Å². The smallest absolute Gasteiger partial charge is 0.407 e. The minimum atomic E-state index is -0.675. The number of fused-ring (bicyclic) bond motifs is 1. The van der Waals surface area contributed by atoms with Crippen molar-refractivity contribution in [2.45, 2.75) is 72.2 Å². The van der Waals surface area contributed by atoms with Crippen molar-refractivity contribution in [1.82, 2.24) is 24.0 Å². The van der Waals surface area contributed by atoms with Crippen molar-refractivity contribution in [3.05, 3.63) is 56.2 Å². The molecule has 4 rings (SSSR count). The maximum atomic E-state index is 14.0. The number of hydrogen-bond acceptors (Lipinski definition) is 9. The molecule has 3 heterocycles. The van der Waals surface area contributed by atoms with E-state index in [2.05, 4.69) is 5.32 Å². The van der Waals surface area contributed by atoms with Crippen LogP contribution in [0.15, 0.2) is 39.4 Å². The van der Waals surface area contributed by atoms with Crippen molar-refractivity contribution >= 4 is 29.0 Å². The third kappa shape index (κ3) is 6.81. The summed E-state index contributed by atoms with van der Waals surface area (Å²) >= 11 is 0. The number of Topliss-reactive ketones (excluding diaryl/α,β-unsaturated/α-hetero) is 1. The molecule has 1 atom stereocenters. The van der Waals surface area contributed by atoms with Crippen LogP contribution in [0.3, 0.4) is 0 Å². The van der Waals surface area contributed by atoms with Crippen molar-refractivity contribution < 1.29 is 23.8 Å². The quantitative estimate of drug-likeness (QED) is 0.286. The number of allylic oxidation sites excluding steroid dienone is 2. The third-order valence-electron chi connectivity index (χ3n) is 7.33. The van der Waals surface area contributed by atoms with Crippen LogP contribution >= 0.6 is 0 Å². The number of ketones is 1. The molecule has 13 heteroatoms. The van der Waals surface area contributed by atoms with Gasteiger partial charge >= 0.3 is 11.8 Å². The molecule has 1 saturated heterocycles. The Morgan fingerprint density at radius 2 is 1.75 bits per heavy atom. The minimum Gasteiger partial charge on any atom is -0.496 e. The highest BCUT2D eigenvalue weighted by Gasteiger charge is 2.30. The zero-order chi connectivity index (χ0) is 32.3. The van der Waals surface area contributed by atoms with Crippen LogP contribution in [0.25, 0.3) is 11.2 Å². The Bertz CT molecular complexity index is 1680. The molecule has 238 valence electrons. The summed E-state index contributed by atoms with van der Waals surface area (Å²) in [7, 11) is 4.39. The third-order valence-corrected chi connectivity index (χ3v) is 7.33. The molecule has 1 amide bonds. The SMILES string of the molecule is COc1cccc(OC)c1C(=O)Cn1c(=O)c2c(nc(N3CCCC(NC(=O)OC(C)(C)C)C3)n2CC=C(C)C)n(C)c1=O. The van der Waals surface area contributed by atoms with Crippen LogP contribution in [0.1, 0.15) is 57.8 Å². The highest BCUT2D eigenvalue weighted by atomic mass is 16.6.